The molecule has 0 radical (unpaired) electrons. The zero-order chi connectivity index (χ0) is 13.4. The minimum absolute atomic E-state index is 0.149. The molecule has 1 heterocycles. The molecule has 0 aliphatic carbocycles. The number of hydrogen-bond donors (Lipinski definition) is 1. The molecule has 0 atom stereocenters. The summed E-state index contributed by atoms with van der Waals surface area (Å²) < 4.78 is 1.70. The van der Waals surface area contributed by atoms with Gasteiger partial charge in [-0.1, -0.05) is 29.8 Å². The van der Waals surface area contributed by atoms with Crippen molar-refractivity contribution in [2.75, 3.05) is 0 Å². The smallest absolute Gasteiger partial charge is 0.337 e. The number of nitrogens with zero attached hydrogens (tertiary/aromatic N) is 2. The molecule has 19 heavy (non-hydrogen) atoms. The van der Waals surface area contributed by atoms with E-state index in [1.54, 1.807) is 23.0 Å². The Kier molecular flexibility index (Phi) is 2.72. The number of fused-ring (bicyclic) bond motifs is 1. The number of rotatable bonds is 2. The molecule has 0 aliphatic rings. The number of halogens is 1. The number of imidazole rings is 1. The standard InChI is InChI=1S/C14H9ClN2O2/c15-10-5-3-4-9(14(18)19)13(10)17-8-16-11-6-1-2-7-12(11)17/h1-8H,(H,18,19). The number of carbonyl (C=O) groups is 1. The van der Waals surface area contributed by atoms with Crippen LogP contribution in [-0.4, -0.2) is 20.6 Å². The van der Waals surface area contributed by atoms with Crippen molar-refractivity contribution in [2.24, 2.45) is 0 Å². The van der Waals surface area contributed by atoms with Gasteiger partial charge in [0.25, 0.3) is 0 Å². The van der Waals surface area contributed by atoms with E-state index in [1.807, 2.05) is 24.3 Å². The van der Waals surface area contributed by atoms with Crippen LogP contribution in [0.4, 0.5) is 0 Å². The van der Waals surface area contributed by atoms with Crippen LogP contribution in [0.3, 0.4) is 0 Å². The van der Waals surface area contributed by atoms with Crippen LogP contribution in [0.2, 0.25) is 5.02 Å². The number of aromatic carboxylic acids is 1. The van der Waals surface area contributed by atoms with Gasteiger partial charge in [0.05, 0.1) is 27.3 Å². The maximum Gasteiger partial charge on any atom is 0.337 e. The fraction of sp³-hybridized carbons (Fsp3) is 0. The van der Waals surface area contributed by atoms with Gasteiger partial charge in [0.1, 0.15) is 6.33 Å². The molecule has 0 bridgehead atoms. The van der Waals surface area contributed by atoms with Gasteiger partial charge in [0.2, 0.25) is 0 Å². The second-order valence-corrected chi connectivity index (χ2v) is 4.45. The van der Waals surface area contributed by atoms with Gasteiger partial charge < -0.3 is 5.11 Å². The molecule has 0 amide bonds. The lowest BCUT2D eigenvalue weighted by Gasteiger charge is -2.10. The van der Waals surface area contributed by atoms with Crippen LogP contribution in [0.25, 0.3) is 16.7 Å². The van der Waals surface area contributed by atoms with Crippen LogP contribution in [-0.2, 0) is 0 Å². The highest BCUT2D eigenvalue weighted by molar-refractivity contribution is 6.33. The van der Waals surface area contributed by atoms with Gasteiger partial charge in [-0.15, -0.1) is 0 Å². The van der Waals surface area contributed by atoms with Crippen LogP contribution < -0.4 is 0 Å². The Morgan fingerprint density at radius 2 is 1.95 bits per heavy atom. The molecule has 0 aliphatic heterocycles. The molecule has 1 aromatic heterocycles. The average molecular weight is 273 g/mol. The molecule has 0 fully saturated rings. The minimum Gasteiger partial charge on any atom is -0.478 e. The Bertz CT molecular complexity index is 780. The van der Waals surface area contributed by atoms with Gasteiger partial charge in [-0.25, -0.2) is 9.78 Å². The molecular weight excluding hydrogens is 264 g/mol. The van der Waals surface area contributed by atoms with Gasteiger partial charge in [0.15, 0.2) is 0 Å². The summed E-state index contributed by atoms with van der Waals surface area (Å²) in [6.07, 6.45) is 1.58. The van der Waals surface area contributed by atoms with E-state index < -0.39 is 5.97 Å². The Hall–Kier alpha value is -2.33. The van der Waals surface area contributed by atoms with Crippen molar-refractivity contribution < 1.29 is 9.90 Å². The van der Waals surface area contributed by atoms with Crippen LogP contribution in [0.5, 0.6) is 0 Å². The first-order valence-electron chi connectivity index (χ1n) is 5.63. The summed E-state index contributed by atoms with van der Waals surface area (Å²) in [6.45, 7) is 0. The predicted molar refractivity (Wildman–Crippen MR) is 73.0 cm³/mol. The molecule has 94 valence electrons. The fourth-order valence-corrected chi connectivity index (χ4v) is 2.34. The van der Waals surface area contributed by atoms with E-state index in [0.717, 1.165) is 11.0 Å². The number of para-hydroxylation sites is 3. The van der Waals surface area contributed by atoms with Crippen molar-refractivity contribution in [1.29, 1.82) is 0 Å². The number of carboxylic acids is 1. The first kappa shape index (κ1) is 11.7. The van der Waals surface area contributed by atoms with Crippen molar-refractivity contribution >= 4 is 28.6 Å². The van der Waals surface area contributed by atoms with E-state index >= 15 is 0 Å². The number of carboxylic acid groups (broad SMARTS) is 1. The molecule has 1 N–H and O–H groups in total. The molecule has 0 unspecified atom stereocenters. The lowest BCUT2D eigenvalue weighted by atomic mass is 10.1. The summed E-state index contributed by atoms with van der Waals surface area (Å²) in [5.41, 5.74) is 2.19. The van der Waals surface area contributed by atoms with Crippen LogP contribution in [0.15, 0.2) is 48.8 Å². The molecule has 0 saturated carbocycles. The summed E-state index contributed by atoms with van der Waals surface area (Å²) in [4.78, 5) is 15.6. The SMILES string of the molecule is O=C(O)c1cccc(Cl)c1-n1cnc2ccccc21. The largest absolute Gasteiger partial charge is 0.478 e. The van der Waals surface area contributed by atoms with Crippen molar-refractivity contribution in [3.63, 3.8) is 0 Å². The third-order valence-corrected chi connectivity index (χ3v) is 3.22. The Morgan fingerprint density at radius 3 is 2.74 bits per heavy atom. The second-order valence-electron chi connectivity index (χ2n) is 4.04. The van der Waals surface area contributed by atoms with Gasteiger partial charge in [0, 0.05) is 0 Å². The summed E-state index contributed by atoms with van der Waals surface area (Å²) in [7, 11) is 0. The van der Waals surface area contributed by atoms with E-state index in [-0.39, 0.29) is 5.56 Å². The van der Waals surface area contributed by atoms with Crippen molar-refractivity contribution in [3.05, 3.63) is 59.4 Å². The van der Waals surface area contributed by atoms with Crippen molar-refractivity contribution in [1.82, 2.24) is 9.55 Å². The second kappa shape index (κ2) is 4.40. The molecule has 5 heteroatoms. The number of aromatic nitrogens is 2. The monoisotopic (exact) mass is 272 g/mol. The highest BCUT2D eigenvalue weighted by Crippen LogP contribution is 2.27. The van der Waals surface area contributed by atoms with Crippen LogP contribution in [0.1, 0.15) is 10.4 Å². The van der Waals surface area contributed by atoms with Gasteiger partial charge in [-0.05, 0) is 24.3 Å². The Labute approximate surface area is 113 Å². The van der Waals surface area contributed by atoms with Gasteiger partial charge in [-0.3, -0.25) is 4.57 Å². The average Bonchev–Trinajstić information content (AvgIpc) is 2.82. The summed E-state index contributed by atoms with van der Waals surface area (Å²) in [5, 5.41) is 9.65. The van der Waals surface area contributed by atoms with Crippen LogP contribution >= 0.6 is 11.6 Å². The van der Waals surface area contributed by atoms with Crippen molar-refractivity contribution in [2.45, 2.75) is 0 Å². The van der Waals surface area contributed by atoms with Gasteiger partial charge >= 0.3 is 5.97 Å². The van der Waals surface area contributed by atoms with Crippen LogP contribution in [0, 0.1) is 0 Å². The Balaban J connectivity index is 2.36. The fourth-order valence-electron chi connectivity index (χ4n) is 2.07. The zero-order valence-corrected chi connectivity index (χ0v) is 10.5. The molecule has 3 aromatic rings. The third-order valence-electron chi connectivity index (χ3n) is 2.91. The van der Waals surface area contributed by atoms with E-state index in [4.69, 9.17) is 11.6 Å². The summed E-state index contributed by atoms with van der Waals surface area (Å²) in [6, 6.07) is 12.3. The zero-order valence-electron chi connectivity index (χ0n) is 9.75. The molecular formula is C14H9ClN2O2. The van der Waals surface area contributed by atoms with E-state index in [0.29, 0.717) is 10.7 Å². The van der Waals surface area contributed by atoms with E-state index in [2.05, 4.69) is 4.98 Å². The molecule has 4 nitrogen and oxygen atoms in total. The highest BCUT2D eigenvalue weighted by Gasteiger charge is 2.16. The maximum absolute atomic E-state index is 11.3. The first-order valence-corrected chi connectivity index (χ1v) is 6.00. The summed E-state index contributed by atoms with van der Waals surface area (Å²) >= 11 is 6.15. The quantitative estimate of drug-likeness (QED) is 0.778. The molecule has 2 aromatic carbocycles. The van der Waals surface area contributed by atoms with E-state index in [1.165, 1.54) is 6.07 Å². The first-order chi connectivity index (χ1) is 9.18. The Morgan fingerprint density at radius 1 is 1.16 bits per heavy atom. The number of benzene rings is 2. The topological polar surface area (TPSA) is 55.1 Å². The molecule has 0 saturated heterocycles. The molecule has 3 rings (SSSR count). The lowest BCUT2D eigenvalue weighted by Crippen LogP contribution is -2.05. The molecule has 0 spiro atoms. The highest BCUT2D eigenvalue weighted by atomic mass is 35.5. The van der Waals surface area contributed by atoms with E-state index in [9.17, 15) is 9.90 Å². The minimum atomic E-state index is -1.02. The third kappa shape index (κ3) is 1.86. The lowest BCUT2D eigenvalue weighted by molar-refractivity contribution is 0.0697. The summed E-state index contributed by atoms with van der Waals surface area (Å²) in [5.74, 6) is -1.02. The van der Waals surface area contributed by atoms with Gasteiger partial charge in [-0.2, -0.15) is 0 Å². The number of hydrogen-bond acceptors (Lipinski definition) is 2. The predicted octanol–water partition coefficient (Wildman–Crippen LogP) is 3.38. The normalized spacial score (nSPS) is 10.8. The maximum atomic E-state index is 11.3. The van der Waals surface area contributed by atoms with Crippen molar-refractivity contribution in [3.8, 4) is 5.69 Å².